The molecule has 28 heavy (non-hydrogen) atoms. The van der Waals surface area contributed by atoms with Crippen molar-refractivity contribution in [2.45, 2.75) is 6.92 Å². The Morgan fingerprint density at radius 1 is 1.07 bits per heavy atom. The fourth-order valence-electron chi connectivity index (χ4n) is 2.53. The molecule has 1 aromatic heterocycles. The zero-order valence-corrected chi connectivity index (χ0v) is 15.2. The number of amides is 2. The molecule has 3 N–H and O–H groups in total. The first kappa shape index (κ1) is 18.8. The molecule has 142 valence electrons. The number of carbonyl (C=O) groups excluding carboxylic acids is 2. The standard InChI is InChI=1S/C20H19N5O3/c1-14-17(20(28)25(24-14)16-10-6-3-7-11-16)12-22-23-18(26)13-21-19(27)15-8-4-2-5-9-15/h2-12,24H,13H2,1H3,(H,21,27)(H,23,26). The van der Waals surface area contributed by atoms with Crippen molar-refractivity contribution in [2.24, 2.45) is 5.10 Å². The summed E-state index contributed by atoms with van der Waals surface area (Å²) in [5, 5.41) is 9.28. The van der Waals surface area contributed by atoms with Gasteiger partial charge in [-0.3, -0.25) is 19.5 Å². The first-order valence-electron chi connectivity index (χ1n) is 8.58. The van der Waals surface area contributed by atoms with Crippen LogP contribution in [0.15, 0.2) is 70.6 Å². The predicted octanol–water partition coefficient (Wildman–Crippen LogP) is 1.35. The number of carbonyl (C=O) groups is 2. The smallest absolute Gasteiger partial charge is 0.280 e. The monoisotopic (exact) mass is 377 g/mol. The van der Waals surface area contributed by atoms with Gasteiger partial charge in [0.1, 0.15) is 0 Å². The van der Waals surface area contributed by atoms with Crippen LogP contribution in [0.4, 0.5) is 0 Å². The highest BCUT2D eigenvalue weighted by atomic mass is 16.2. The maximum atomic E-state index is 12.5. The highest BCUT2D eigenvalue weighted by Gasteiger charge is 2.11. The highest BCUT2D eigenvalue weighted by molar-refractivity contribution is 5.96. The lowest BCUT2D eigenvalue weighted by atomic mass is 10.2. The quantitative estimate of drug-likeness (QED) is 0.446. The predicted molar refractivity (Wildman–Crippen MR) is 106 cm³/mol. The lowest BCUT2D eigenvalue weighted by Crippen LogP contribution is -2.35. The van der Waals surface area contributed by atoms with E-state index in [1.165, 1.54) is 10.9 Å². The third kappa shape index (κ3) is 4.42. The van der Waals surface area contributed by atoms with E-state index in [2.05, 4.69) is 20.9 Å². The zero-order chi connectivity index (χ0) is 19.9. The number of aromatic nitrogens is 2. The SMILES string of the molecule is Cc1[nH]n(-c2ccccc2)c(=O)c1C=NNC(=O)CNC(=O)c1ccccc1. The number of benzene rings is 2. The Bertz CT molecular complexity index is 1050. The molecule has 2 amide bonds. The fourth-order valence-corrected chi connectivity index (χ4v) is 2.53. The van der Waals surface area contributed by atoms with Crippen molar-refractivity contribution in [3.8, 4) is 5.69 Å². The lowest BCUT2D eigenvalue weighted by Gasteiger charge is -2.03. The average molecular weight is 377 g/mol. The van der Waals surface area contributed by atoms with Crippen LogP contribution >= 0.6 is 0 Å². The van der Waals surface area contributed by atoms with Gasteiger partial charge in [0, 0.05) is 11.3 Å². The molecule has 0 bridgehead atoms. The Hall–Kier alpha value is -3.94. The Kier molecular flexibility index (Phi) is 5.81. The van der Waals surface area contributed by atoms with Gasteiger partial charge in [-0.25, -0.2) is 10.1 Å². The molecule has 0 saturated carbocycles. The van der Waals surface area contributed by atoms with E-state index >= 15 is 0 Å². The van der Waals surface area contributed by atoms with E-state index in [-0.39, 0.29) is 18.0 Å². The summed E-state index contributed by atoms with van der Waals surface area (Å²) < 4.78 is 1.40. The van der Waals surface area contributed by atoms with Crippen molar-refractivity contribution in [3.05, 3.63) is 87.8 Å². The number of hydrogen-bond acceptors (Lipinski definition) is 4. The van der Waals surface area contributed by atoms with Gasteiger partial charge in [0.15, 0.2) is 0 Å². The minimum absolute atomic E-state index is 0.231. The molecule has 8 nitrogen and oxygen atoms in total. The summed E-state index contributed by atoms with van der Waals surface area (Å²) in [5.74, 6) is -0.857. The van der Waals surface area contributed by atoms with Crippen LogP contribution < -0.4 is 16.3 Å². The highest BCUT2D eigenvalue weighted by Crippen LogP contribution is 2.05. The van der Waals surface area contributed by atoms with E-state index in [9.17, 15) is 14.4 Å². The molecular weight excluding hydrogens is 358 g/mol. The van der Waals surface area contributed by atoms with Gasteiger partial charge in [0.05, 0.1) is 24.0 Å². The van der Waals surface area contributed by atoms with Crippen molar-refractivity contribution >= 4 is 18.0 Å². The normalized spacial score (nSPS) is 10.8. The number of aromatic amines is 1. The van der Waals surface area contributed by atoms with Gasteiger partial charge in [-0.15, -0.1) is 0 Å². The molecule has 0 aliphatic carbocycles. The molecule has 8 heteroatoms. The van der Waals surface area contributed by atoms with Gasteiger partial charge < -0.3 is 5.32 Å². The minimum Gasteiger partial charge on any atom is -0.343 e. The van der Waals surface area contributed by atoms with Crippen LogP contribution in [0, 0.1) is 6.92 Å². The summed E-state index contributed by atoms with van der Waals surface area (Å²) in [6.45, 7) is 1.51. The van der Waals surface area contributed by atoms with Gasteiger partial charge in [0.25, 0.3) is 17.4 Å². The van der Waals surface area contributed by atoms with E-state index in [1.54, 1.807) is 49.4 Å². The second-order valence-corrected chi connectivity index (χ2v) is 5.97. The topological polar surface area (TPSA) is 108 Å². The van der Waals surface area contributed by atoms with E-state index in [4.69, 9.17) is 0 Å². The van der Waals surface area contributed by atoms with Crippen LogP contribution in [0.3, 0.4) is 0 Å². The third-order valence-corrected chi connectivity index (χ3v) is 3.96. The van der Waals surface area contributed by atoms with Gasteiger partial charge in [0.2, 0.25) is 0 Å². The largest absolute Gasteiger partial charge is 0.343 e. The molecule has 2 aromatic carbocycles. The first-order valence-corrected chi connectivity index (χ1v) is 8.58. The van der Waals surface area contributed by atoms with Crippen molar-refractivity contribution < 1.29 is 9.59 Å². The molecule has 0 unspecified atom stereocenters. The van der Waals surface area contributed by atoms with E-state index in [0.717, 1.165) is 0 Å². The molecule has 0 fully saturated rings. The maximum absolute atomic E-state index is 12.5. The summed E-state index contributed by atoms with van der Waals surface area (Å²) in [7, 11) is 0. The summed E-state index contributed by atoms with van der Waals surface area (Å²) >= 11 is 0. The Balaban J connectivity index is 1.59. The summed E-state index contributed by atoms with van der Waals surface area (Å²) in [6.07, 6.45) is 1.28. The van der Waals surface area contributed by atoms with Crippen molar-refractivity contribution in [1.82, 2.24) is 20.5 Å². The molecule has 0 aliphatic heterocycles. The van der Waals surface area contributed by atoms with Gasteiger partial charge >= 0.3 is 0 Å². The number of aryl methyl sites for hydroxylation is 1. The fraction of sp³-hybridized carbons (Fsp3) is 0.100. The lowest BCUT2D eigenvalue weighted by molar-refractivity contribution is -0.120. The number of nitrogens with one attached hydrogen (secondary N) is 3. The molecule has 0 radical (unpaired) electrons. The summed E-state index contributed by atoms with van der Waals surface area (Å²) in [6, 6.07) is 17.7. The number of hydrogen-bond donors (Lipinski definition) is 3. The number of hydrazone groups is 1. The number of nitrogens with zero attached hydrogens (tertiary/aromatic N) is 2. The van der Waals surface area contributed by atoms with Crippen molar-refractivity contribution in [2.75, 3.05) is 6.54 Å². The molecule has 0 atom stereocenters. The third-order valence-electron chi connectivity index (χ3n) is 3.96. The van der Waals surface area contributed by atoms with E-state index < -0.39 is 5.91 Å². The van der Waals surface area contributed by atoms with Crippen LogP contribution in [0.2, 0.25) is 0 Å². The van der Waals surface area contributed by atoms with Crippen LogP contribution in [-0.2, 0) is 4.79 Å². The average Bonchev–Trinajstić information content (AvgIpc) is 3.01. The van der Waals surface area contributed by atoms with Crippen molar-refractivity contribution in [3.63, 3.8) is 0 Å². The van der Waals surface area contributed by atoms with E-state index in [0.29, 0.717) is 22.5 Å². The Morgan fingerprint density at radius 3 is 2.39 bits per heavy atom. The van der Waals surface area contributed by atoms with Crippen LogP contribution in [-0.4, -0.2) is 34.4 Å². The second-order valence-electron chi connectivity index (χ2n) is 5.97. The molecule has 3 aromatic rings. The molecule has 3 rings (SSSR count). The van der Waals surface area contributed by atoms with Crippen LogP contribution in [0.25, 0.3) is 5.69 Å². The second kappa shape index (κ2) is 8.63. The Labute approximate surface area is 160 Å². The van der Waals surface area contributed by atoms with Gasteiger partial charge in [-0.2, -0.15) is 5.10 Å². The molecule has 0 spiro atoms. The van der Waals surface area contributed by atoms with E-state index in [1.807, 2.05) is 18.2 Å². The van der Waals surface area contributed by atoms with Crippen molar-refractivity contribution in [1.29, 1.82) is 0 Å². The molecule has 1 heterocycles. The number of para-hydroxylation sites is 1. The molecular formula is C20H19N5O3. The summed E-state index contributed by atoms with van der Waals surface area (Å²) in [5.41, 5.74) is 4.12. The maximum Gasteiger partial charge on any atom is 0.280 e. The van der Waals surface area contributed by atoms with Gasteiger partial charge in [-0.05, 0) is 31.2 Å². The summed E-state index contributed by atoms with van der Waals surface area (Å²) in [4.78, 5) is 36.2. The van der Waals surface area contributed by atoms with Gasteiger partial charge in [-0.1, -0.05) is 36.4 Å². The number of H-pyrrole nitrogens is 1. The zero-order valence-electron chi connectivity index (χ0n) is 15.2. The molecule has 0 saturated heterocycles. The van der Waals surface area contributed by atoms with Crippen LogP contribution in [0.1, 0.15) is 21.6 Å². The van der Waals surface area contributed by atoms with Crippen LogP contribution in [0.5, 0.6) is 0 Å². The molecule has 0 aliphatic rings. The number of rotatable bonds is 6. The Morgan fingerprint density at radius 2 is 1.71 bits per heavy atom. The first-order chi connectivity index (χ1) is 13.6. The minimum atomic E-state index is -0.503.